The van der Waals surface area contributed by atoms with Gasteiger partial charge in [-0.3, -0.25) is 9.88 Å². The Kier molecular flexibility index (Phi) is 4.63. The van der Waals surface area contributed by atoms with E-state index in [2.05, 4.69) is 21.1 Å². The number of hydrogen-bond donors (Lipinski definition) is 1. The molecule has 2 aromatic rings. The van der Waals surface area contributed by atoms with Gasteiger partial charge >= 0.3 is 0 Å². The van der Waals surface area contributed by atoms with Crippen LogP contribution in [0.4, 0.5) is 0 Å². The van der Waals surface area contributed by atoms with Crippen molar-refractivity contribution in [1.29, 1.82) is 0 Å². The molecule has 0 aromatic carbocycles. The van der Waals surface area contributed by atoms with Crippen molar-refractivity contribution in [2.75, 3.05) is 13.1 Å². The summed E-state index contributed by atoms with van der Waals surface area (Å²) in [5.41, 5.74) is 2.91. The van der Waals surface area contributed by atoms with Gasteiger partial charge in [-0.1, -0.05) is 5.16 Å². The lowest BCUT2D eigenvalue weighted by molar-refractivity contribution is -0.0236. The molecule has 1 N–H and O–H groups in total. The van der Waals surface area contributed by atoms with Crippen LogP contribution in [0.15, 0.2) is 22.7 Å². The third kappa shape index (κ3) is 3.67. The first kappa shape index (κ1) is 18.1. The molecule has 2 aliphatic carbocycles. The summed E-state index contributed by atoms with van der Waals surface area (Å²) >= 11 is 0. The molecule has 3 fully saturated rings. The van der Waals surface area contributed by atoms with Gasteiger partial charge in [-0.2, -0.15) is 0 Å². The van der Waals surface area contributed by atoms with E-state index in [0.717, 1.165) is 61.1 Å². The third-order valence-corrected chi connectivity index (χ3v) is 6.56. The Balaban J connectivity index is 1.21. The second kappa shape index (κ2) is 7.16. The molecule has 3 aliphatic rings. The standard InChI is InChI=1S/C22H29N3O3/c1-13-3-6-20(14(2)23-13)27-22-8-17-11-25(10-16(17)7-19(22)26)12-18-9-21(28-24-18)15-4-5-15/h3,6,9,15-17,19,22,26H,4-5,7-8,10-12H2,1-2H3/t16-,17+,19+,22+/m0/s1. The minimum absolute atomic E-state index is 0.155. The van der Waals surface area contributed by atoms with E-state index in [-0.39, 0.29) is 6.10 Å². The number of aliphatic hydroxyl groups is 1. The topological polar surface area (TPSA) is 71.6 Å². The van der Waals surface area contributed by atoms with Crippen LogP contribution in [-0.4, -0.2) is 45.4 Å². The number of aliphatic hydroxyl groups excluding tert-OH is 1. The Labute approximate surface area is 165 Å². The molecule has 4 atom stereocenters. The maximum absolute atomic E-state index is 10.7. The molecule has 150 valence electrons. The quantitative estimate of drug-likeness (QED) is 0.855. The number of aromatic nitrogens is 2. The molecule has 0 radical (unpaired) electrons. The van der Waals surface area contributed by atoms with Crippen LogP contribution >= 0.6 is 0 Å². The molecule has 2 saturated carbocycles. The van der Waals surface area contributed by atoms with Crippen molar-refractivity contribution in [2.45, 2.75) is 64.2 Å². The Morgan fingerprint density at radius 2 is 1.96 bits per heavy atom. The number of likely N-dealkylation sites (tertiary alicyclic amines) is 1. The molecule has 6 nitrogen and oxygen atoms in total. The first-order valence-electron chi connectivity index (χ1n) is 10.5. The van der Waals surface area contributed by atoms with Crippen LogP contribution < -0.4 is 4.74 Å². The SMILES string of the molecule is Cc1ccc(O[C@@H]2C[C@@H]3CN(Cc4cc(C5CC5)on4)C[C@@H]3C[C@H]2O)c(C)n1. The summed E-state index contributed by atoms with van der Waals surface area (Å²) in [6.07, 6.45) is 3.58. The van der Waals surface area contributed by atoms with E-state index in [9.17, 15) is 5.11 Å². The van der Waals surface area contributed by atoms with Crippen molar-refractivity contribution in [3.05, 3.63) is 41.0 Å². The predicted octanol–water partition coefficient (Wildman–Crippen LogP) is 3.21. The number of aryl methyl sites for hydroxylation is 2. The summed E-state index contributed by atoms with van der Waals surface area (Å²) in [5, 5.41) is 14.9. The van der Waals surface area contributed by atoms with Crippen molar-refractivity contribution < 1.29 is 14.4 Å². The normalized spacial score (nSPS) is 30.4. The Bertz CT molecular complexity index is 847. The number of ether oxygens (including phenoxy) is 1. The minimum Gasteiger partial charge on any atom is -0.486 e. The van der Waals surface area contributed by atoms with Gasteiger partial charge in [-0.15, -0.1) is 0 Å². The van der Waals surface area contributed by atoms with Crippen molar-refractivity contribution >= 4 is 0 Å². The highest BCUT2D eigenvalue weighted by Crippen LogP contribution is 2.41. The average molecular weight is 383 g/mol. The predicted molar refractivity (Wildman–Crippen MR) is 104 cm³/mol. The lowest BCUT2D eigenvalue weighted by Crippen LogP contribution is -2.42. The molecule has 5 rings (SSSR count). The molecule has 0 spiro atoms. The first-order chi connectivity index (χ1) is 13.5. The molecule has 3 heterocycles. The van der Waals surface area contributed by atoms with Crippen molar-refractivity contribution in [1.82, 2.24) is 15.0 Å². The van der Waals surface area contributed by atoms with Gasteiger partial charge in [-0.05, 0) is 63.5 Å². The van der Waals surface area contributed by atoms with Gasteiger partial charge in [0.2, 0.25) is 0 Å². The molecule has 0 bridgehead atoms. The van der Waals surface area contributed by atoms with E-state index in [1.54, 1.807) is 0 Å². The summed E-state index contributed by atoms with van der Waals surface area (Å²) in [6, 6.07) is 6.07. The van der Waals surface area contributed by atoms with Crippen LogP contribution in [0.3, 0.4) is 0 Å². The van der Waals surface area contributed by atoms with Gasteiger partial charge in [0, 0.05) is 37.3 Å². The monoisotopic (exact) mass is 383 g/mol. The smallest absolute Gasteiger partial charge is 0.141 e. The summed E-state index contributed by atoms with van der Waals surface area (Å²) in [6.45, 7) is 6.84. The van der Waals surface area contributed by atoms with Crippen LogP contribution in [-0.2, 0) is 6.54 Å². The van der Waals surface area contributed by atoms with Gasteiger partial charge in [0.1, 0.15) is 17.6 Å². The lowest BCUT2D eigenvalue weighted by Gasteiger charge is -2.35. The zero-order chi connectivity index (χ0) is 19.3. The van der Waals surface area contributed by atoms with Crippen LogP contribution in [0, 0.1) is 25.7 Å². The molecule has 0 unspecified atom stereocenters. The second-order valence-corrected chi connectivity index (χ2v) is 8.94. The number of fused-ring (bicyclic) bond motifs is 1. The fraction of sp³-hybridized carbons (Fsp3) is 0.636. The summed E-state index contributed by atoms with van der Waals surface area (Å²) in [4.78, 5) is 6.93. The van der Waals surface area contributed by atoms with E-state index >= 15 is 0 Å². The van der Waals surface area contributed by atoms with Gasteiger partial charge in [0.25, 0.3) is 0 Å². The van der Waals surface area contributed by atoms with E-state index in [1.165, 1.54) is 12.8 Å². The van der Waals surface area contributed by atoms with Crippen molar-refractivity contribution in [3.63, 3.8) is 0 Å². The molecular formula is C22H29N3O3. The Hall–Kier alpha value is -1.92. The number of nitrogens with zero attached hydrogens (tertiary/aromatic N) is 3. The average Bonchev–Trinajstić information content (AvgIpc) is 3.28. The molecule has 6 heteroatoms. The molecule has 28 heavy (non-hydrogen) atoms. The molecule has 2 aromatic heterocycles. The van der Waals surface area contributed by atoms with Gasteiger partial charge in [0.15, 0.2) is 0 Å². The lowest BCUT2D eigenvalue weighted by atomic mass is 9.78. The highest BCUT2D eigenvalue weighted by atomic mass is 16.5. The van der Waals surface area contributed by atoms with Gasteiger partial charge < -0.3 is 14.4 Å². The van der Waals surface area contributed by atoms with E-state index < -0.39 is 6.10 Å². The number of hydrogen-bond acceptors (Lipinski definition) is 6. The summed E-state index contributed by atoms with van der Waals surface area (Å²) in [5.74, 6) is 3.54. The van der Waals surface area contributed by atoms with Crippen molar-refractivity contribution in [2.24, 2.45) is 11.8 Å². The fourth-order valence-corrected chi connectivity index (χ4v) is 4.90. The summed E-state index contributed by atoms with van der Waals surface area (Å²) < 4.78 is 11.7. The van der Waals surface area contributed by atoms with Crippen LogP contribution in [0.5, 0.6) is 5.75 Å². The number of pyridine rings is 1. The van der Waals surface area contributed by atoms with Gasteiger partial charge in [-0.25, -0.2) is 0 Å². The van der Waals surface area contributed by atoms with Gasteiger partial charge in [0.05, 0.1) is 17.5 Å². The zero-order valence-corrected chi connectivity index (χ0v) is 16.7. The second-order valence-electron chi connectivity index (χ2n) is 8.94. The fourth-order valence-electron chi connectivity index (χ4n) is 4.90. The van der Waals surface area contributed by atoms with E-state index in [1.807, 2.05) is 26.0 Å². The largest absolute Gasteiger partial charge is 0.486 e. The van der Waals surface area contributed by atoms with Crippen LogP contribution in [0.25, 0.3) is 0 Å². The minimum atomic E-state index is -0.421. The molecular weight excluding hydrogens is 354 g/mol. The van der Waals surface area contributed by atoms with E-state index in [4.69, 9.17) is 9.26 Å². The third-order valence-electron chi connectivity index (χ3n) is 6.56. The summed E-state index contributed by atoms with van der Waals surface area (Å²) in [7, 11) is 0. The maximum Gasteiger partial charge on any atom is 0.141 e. The van der Waals surface area contributed by atoms with Crippen LogP contribution in [0.2, 0.25) is 0 Å². The Morgan fingerprint density at radius 1 is 1.18 bits per heavy atom. The number of rotatable bonds is 5. The van der Waals surface area contributed by atoms with Crippen LogP contribution in [0.1, 0.15) is 54.4 Å². The zero-order valence-electron chi connectivity index (χ0n) is 16.7. The first-order valence-corrected chi connectivity index (χ1v) is 10.5. The highest BCUT2D eigenvalue weighted by Gasteiger charge is 2.43. The molecule has 1 aliphatic heterocycles. The molecule has 1 saturated heterocycles. The Morgan fingerprint density at radius 3 is 2.71 bits per heavy atom. The van der Waals surface area contributed by atoms with E-state index in [0.29, 0.717) is 17.8 Å². The maximum atomic E-state index is 10.7. The van der Waals surface area contributed by atoms with Crippen molar-refractivity contribution in [3.8, 4) is 5.75 Å². The molecule has 0 amide bonds. The highest BCUT2D eigenvalue weighted by molar-refractivity contribution is 5.28.